The molecule has 2 aromatic rings. The van der Waals surface area contributed by atoms with Crippen LogP contribution in [0.25, 0.3) is 0 Å². The van der Waals surface area contributed by atoms with Crippen molar-refractivity contribution in [2.75, 3.05) is 14.2 Å². The van der Waals surface area contributed by atoms with Crippen LogP contribution in [0.15, 0.2) is 23.6 Å². The maximum atomic E-state index is 6.33. The Morgan fingerprint density at radius 2 is 1.80 bits per heavy atom. The van der Waals surface area contributed by atoms with Crippen molar-refractivity contribution in [1.82, 2.24) is 5.43 Å². The Morgan fingerprint density at radius 3 is 2.20 bits per heavy atom. The minimum atomic E-state index is -0.204. The van der Waals surface area contributed by atoms with E-state index in [-0.39, 0.29) is 6.04 Å². The summed E-state index contributed by atoms with van der Waals surface area (Å²) in [7, 11) is 3.23. The van der Waals surface area contributed by atoms with Crippen LogP contribution in [0.5, 0.6) is 11.5 Å². The van der Waals surface area contributed by atoms with E-state index in [1.54, 1.807) is 25.6 Å². The topological polar surface area (TPSA) is 56.5 Å². The molecule has 20 heavy (non-hydrogen) atoms. The van der Waals surface area contributed by atoms with Crippen LogP contribution in [-0.4, -0.2) is 14.2 Å². The summed E-state index contributed by atoms with van der Waals surface area (Å²) in [6, 6.07) is 5.44. The maximum Gasteiger partial charge on any atom is 0.122 e. The van der Waals surface area contributed by atoms with Crippen molar-refractivity contribution in [3.05, 3.63) is 44.6 Å². The Morgan fingerprint density at radius 1 is 1.20 bits per heavy atom. The molecule has 0 saturated carbocycles. The maximum absolute atomic E-state index is 6.33. The Labute approximate surface area is 127 Å². The van der Waals surface area contributed by atoms with Gasteiger partial charge in [0.15, 0.2) is 0 Å². The van der Waals surface area contributed by atoms with Crippen molar-refractivity contribution in [2.45, 2.75) is 13.0 Å². The molecular weight excluding hydrogens is 296 g/mol. The molecule has 1 aromatic carbocycles. The number of aryl methyl sites for hydroxylation is 1. The Balaban J connectivity index is 2.48. The van der Waals surface area contributed by atoms with Crippen molar-refractivity contribution in [3.63, 3.8) is 0 Å². The molecule has 0 aliphatic carbocycles. The zero-order valence-electron chi connectivity index (χ0n) is 11.6. The van der Waals surface area contributed by atoms with Crippen molar-refractivity contribution >= 4 is 22.9 Å². The van der Waals surface area contributed by atoms with Gasteiger partial charge in [0.05, 0.1) is 25.3 Å². The van der Waals surface area contributed by atoms with Crippen molar-refractivity contribution < 1.29 is 9.47 Å². The first-order chi connectivity index (χ1) is 9.60. The number of ether oxygens (including phenoxy) is 2. The zero-order valence-corrected chi connectivity index (χ0v) is 13.1. The number of methoxy groups -OCH3 is 2. The first-order valence-electron chi connectivity index (χ1n) is 6.03. The fourth-order valence-electron chi connectivity index (χ4n) is 1.96. The van der Waals surface area contributed by atoms with Gasteiger partial charge >= 0.3 is 0 Å². The third-order valence-corrected chi connectivity index (χ3v) is 4.84. The Kier molecular flexibility index (Phi) is 4.88. The van der Waals surface area contributed by atoms with E-state index >= 15 is 0 Å². The summed E-state index contributed by atoms with van der Waals surface area (Å²) < 4.78 is 10.6. The van der Waals surface area contributed by atoms with E-state index in [4.69, 9.17) is 26.9 Å². The number of thiophene rings is 1. The molecule has 108 valence electrons. The number of halogens is 1. The molecule has 0 radical (unpaired) electrons. The summed E-state index contributed by atoms with van der Waals surface area (Å²) in [6.07, 6.45) is 0. The van der Waals surface area contributed by atoms with Crippen LogP contribution in [-0.2, 0) is 0 Å². The van der Waals surface area contributed by atoms with Gasteiger partial charge in [0, 0.05) is 10.9 Å². The van der Waals surface area contributed by atoms with Crippen LogP contribution < -0.4 is 20.7 Å². The van der Waals surface area contributed by atoms with Crippen molar-refractivity contribution in [3.8, 4) is 11.5 Å². The van der Waals surface area contributed by atoms with Crippen LogP contribution in [0.4, 0.5) is 0 Å². The molecule has 4 nitrogen and oxygen atoms in total. The van der Waals surface area contributed by atoms with Gasteiger partial charge < -0.3 is 9.47 Å². The van der Waals surface area contributed by atoms with Gasteiger partial charge in [0.25, 0.3) is 0 Å². The van der Waals surface area contributed by atoms with Gasteiger partial charge in [-0.25, -0.2) is 5.43 Å². The lowest BCUT2D eigenvalue weighted by molar-refractivity contribution is 0.392. The molecule has 6 heteroatoms. The SMILES string of the molecule is COc1cc(OC)cc(C(NN)c2scc(C)c2Cl)c1. The fraction of sp³-hybridized carbons (Fsp3) is 0.286. The van der Waals surface area contributed by atoms with E-state index in [1.807, 2.05) is 30.5 Å². The number of benzene rings is 1. The first-order valence-corrected chi connectivity index (χ1v) is 7.29. The summed E-state index contributed by atoms with van der Waals surface area (Å²) in [4.78, 5) is 0.974. The van der Waals surface area contributed by atoms with Crippen LogP contribution in [0.3, 0.4) is 0 Å². The summed E-state index contributed by atoms with van der Waals surface area (Å²) in [5, 5.41) is 2.75. The van der Waals surface area contributed by atoms with Gasteiger partial charge in [0.2, 0.25) is 0 Å². The third-order valence-electron chi connectivity index (χ3n) is 3.06. The van der Waals surface area contributed by atoms with Crippen LogP contribution in [0, 0.1) is 6.92 Å². The Bertz CT molecular complexity index is 579. The smallest absolute Gasteiger partial charge is 0.122 e. The van der Waals surface area contributed by atoms with Crippen molar-refractivity contribution in [1.29, 1.82) is 0 Å². The highest BCUT2D eigenvalue weighted by Gasteiger charge is 2.20. The van der Waals surface area contributed by atoms with Gasteiger partial charge in [-0.05, 0) is 35.6 Å². The highest BCUT2D eigenvalue weighted by Crippen LogP contribution is 2.37. The van der Waals surface area contributed by atoms with E-state index in [9.17, 15) is 0 Å². The number of hydrazine groups is 1. The van der Waals surface area contributed by atoms with E-state index < -0.39 is 0 Å². The molecular formula is C14H17ClN2O2S. The molecule has 0 aliphatic heterocycles. The van der Waals surface area contributed by atoms with Gasteiger partial charge in [0.1, 0.15) is 11.5 Å². The van der Waals surface area contributed by atoms with Crippen molar-refractivity contribution in [2.24, 2.45) is 5.84 Å². The number of rotatable bonds is 5. The summed E-state index contributed by atoms with van der Waals surface area (Å²) >= 11 is 7.91. The fourth-order valence-corrected chi connectivity index (χ4v) is 3.35. The van der Waals surface area contributed by atoms with E-state index in [0.717, 1.165) is 21.0 Å². The molecule has 3 N–H and O–H groups in total. The number of hydrogen-bond donors (Lipinski definition) is 2. The average molecular weight is 313 g/mol. The number of nitrogens with two attached hydrogens (primary N) is 1. The minimum Gasteiger partial charge on any atom is -0.497 e. The van der Waals surface area contributed by atoms with Gasteiger partial charge in [-0.15, -0.1) is 11.3 Å². The molecule has 1 heterocycles. The minimum absolute atomic E-state index is 0.204. The molecule has 1 atom stereocenters. The van der Waals surface area contributed by atoms with E-state index in [1.165, 1.54) is 0 Å². The highest BCUT2D eigenvalue weighted by molar-refractivity contribution is 7.10. The van der Waals surface area contributed by atoms with E-state index in [2.05, 4.69) is 5.43 Å². The second kappa shape index (κ2) is 6.45. The molecule has 0 saturated heterocycles. The quantitative estimate of drug-likeness (QED) is 0.657. The number of nitrogens with one attached hydrogen (secondary N) is 1. The average Bonchev–Trinajstić information content (AvgIpc) is 2.80. The van der Waals surface area contributed by atoms with Crippen LogP contribution in [0.1, 0.15) is 22.0 Å². The lowest BCUT2D eigenvalue weighted by Crippen LogP contribution is -2.28. The predicted octanol–water partition coefficient (Wildman–Crippen LogP) is 3.28. The Hall–Kier alpha value is -1.27. The van der Waals surface area contributed by atoms with E-state index in [0.29, 0.717) is 11.5 Å². The van der Waals surface area contributed by atoms with Crippen LogP contribution in [0.2, 0.25) is 5.02 Å². The first kappa shape index (κ1) is 15.1. The molecule has 0 fully saturated rings. The summed E-state index contributed by atoms with van der Waals surface area (Å²) in [5.74, 6) is 7.14. The number of hydrogen-bond acceptors (Lipinski definition) is 5. The monoisotopic (exact) mass is 312 g/mol. The normalized spacial score (nSPS) is 12.2. The zero-order chi connectivity index (χ0) is 14.7. The lowest BCUT2D eigenvalue weighted by Gasteiger charge is -2.17. The molecule has 2 rings (SSSR count). The molecule has 0 bridgehead atoms. The highest BCUT2D eigenvalue weighted by atomic mass is 35.5. The second-order valence-corrected chi connectivity index (χ2v) is 5.63. The summed E-state index contributed by atoms with van der Waals surface area (Å²) in [6.45, 7) is 1.97. The molecule has 1 aromatic heterocycles. The standard InChI is InChI=1S/C14H17ClN2O2S/c1-8-7-20-14(12(8)15)13(17-16)9-4-10(18-2)6-11(5-9)19-3/h4-7,13,17H,16H2,1-3H3. The van der Waals surface area contributed by atoms with Gasteiger partial charge in [-0.3, -0.25) is 5.84 Å². The molecule has 1 unspecified atom stereocenters. The van der Waals surface area contributed by atoms with Gasteiger partial charge in [-0.2, -0.15) is 0 Å². The van der Waals surface area contributed by atoms with Gasteiger partial charge in [-0.1, -0.05) is 11.6 Å². The second-order valence-electron chi connectivity index (χ2n) is 4.34. The molecule has 0 amide bonds. The summed E-state index contributed by atoms with van der Waals surface area (Å²) in [5.41, 5.74) is 4.79. The largest absolute Gasteiger partial charge is 0.497 e. The molecule has 0 spiro atoms. The van der Waals surface area contributed by atoms with Crippen LogP contribution >= 0.6 is 22.9 Å². The molecule has 0 aliphatic rings. The lowest BCUT2D eigenvalue weighted by atomic mass is 10.0. The third kappa shape index (κ3) is 2.91. The predicted molar refractivity (Wildman–Crippen MR) is 82.8 cm³/mol.